The molecule has 5 nitrogen and oxygen atoms in total. The van der Waals surface area contributed by atoms with Crippen molar-refractivity contribution in [1.82, 2.24) is 4.57 Å². The predicted octanol–water partition coefficient (Wildman–Crippen LogP) is 0.766. The fourth-order valence-electron chi connectivity index (χ4n) is 1.60. The van der Waals surface area contributed by atoms with E-state index >= 15 is 0 Å². The summed E-state index contributed by atoms with van der Waals surface area (Å²) in [5.74, 6) is 0.186. The molecule has 1 heterocycles. The highest BCUT2D eigenvalue weighted by Gasteiger charge is 2.23. The third kappa shape index (κ3) is 2.04. The lowest BCUT2D eigenvalue weighted by molar-refractivity contribution is 0.0595. The van der Waals surface area contributed by atoms with E-state index in [1.165, 1.54) is 7.11 Å². The molecule has 5 heteroatoms. The maximum atomic E-state index is 11.6. The van der Waals surface area contributed by atoms with E-state index in [2.05, 4.69) is 0 Å². The number of methoxy groups -OCH3 is 1. The van der Waals surface area contributed by atoms with Crippen LogP contribution in [0, 0.1) is 13.8 Å². The van der Waals surface area contributed by atoms with Gasteiger partial charge in [-0.3, -0.25) is 0 Å². The molecule has 0 aliphatic rings. The van der Waals surface area contributed by atoms with Crippen molar-refractivity contribution in [3.8, 4) is 5.75 Å². The molecule has 0 spiro atoms. The van der Waals surface area contributed by atoms with Crippen LogP contribution in [0.25, 0.3) is 0 Å². The number of aromatic nitrogens is 1. The van der Waals surface area contributed by atoms with Gasteiger partial charge < -0.3 is 19.8 Å². The van der Waals surface area contributed by atoms with Gasteiger partial charge in [0.1, 0.15) is 12.2 Å². The first-order chi connectivity index (χ1) is 7.54. The van der Waals surface area contributed by atoms with Crippen molar-refractivity contribution in [1.29, 1.82) is 0 Å². The Hall–Kier alpha value is -1.49. The monoisotopic (exact) mass is 226 g/mol. The second kappa shape index (κ2) is 5.03. The largest absolute Gasteiger partial charge is 0.489 e. The molecule has 1 aromatic heterocycles. The van der Waals surface area contributed by atoms with Crippen LogP contribution in [0.15, 0.2) is 0 Å². The zero-order chi connectivity index (χ0) is 12.3. The Balaban J connectivity index is 3.22. The third-order valence-corrected chi connectivity index (χ3v) is 2.68. The summed E-state index contributed by atoms with van der Waals surface area (Å²) < 4.78 is 12.1. The van der Waals surface area contributed by atoms with Gasteiger partial charge in [0.05, 0.1) is 12.8 Å². The van der Waals surface area contributed by atoms with Crippen molar-refractivity contribution < 1.29 is 14.3 Å². The first-order valence-corrected chi connectivity index (χ1v) is 5.11. The number of hydrogen-bond acceptors (Lipinski definition) is 4. The van der Waals surface area contributed by atoms with Crippen molar-refractivity contribution in [2.75, 3.05) is 20.3 Å². The highest BCUT2D eigenvalue weighted by molar-refractivity contribution is 5.94. The fraction of sp³-hybridized carbons (Fsp3) is 0.545. The summed E-state index contributed by atoms with van der Waals surface area (Å²) in [4.78, 5) is 11.6. The number of rotatable bonds is 4. The van der Waals surface area contributed by atoms with Crippen LogP contribution in [0.2, 0.25) is 0 Å². The topological polar surface area (TPSA) is 66.5 Å². The number of nitrogens with two attached hydrogens (primary N) is 1. The SMILES string of the molecule is COC(=O)c1c(OCCN)c(C)n(C)c1C. The maximum absolute atomic E-state index is 11.6. The second-order valence-electron chi connectivity index (χ2n) is 3.56. The molecule has 90 valence electrons. The van der Waals surface area contributed by atoms with Gasteiger partial charge in [0.15, 0.2) is 5.75 Å². The van der Waals surface area contributed by atoms with E-state index in [0.717, 1.165) is 11.4 Å². The lowest BCUT2D eigenvalue weighted by Gasteiger charge is -2.06. The Labute approximate surface area is 95.1 Å². The summed E-state index contributed by atoms with van der Waals surface area (Å²) in [6.07, 6.45) is 0. The standard InChI is InChI=1S/C11H18N2O3/c1-7-9(11(14)15-4)10(16-6-5-12)8(2)13(7)3/h5-6,12H2,1-4H3. The van der Waals surface area contributed by atoms with Crippen LogP contribution in [-0.4, -0.2) is 30.8 Å². The smallest absolute Gasteiger partial charge is 0.343 e. The molecule has 0 unspecified atom stereocenters. The zero-order valence-corrected chi connectivity index (χ0v) is 10.2. The summed E-state index contributed by atoms with van der Waals surface area (Å²) in [6, 6.07) is 0. The molecule has 0 aliphatic carbocycles. The van der Waals surface area contributed by atoms with E-state index in [1.54, 1.807) is 0 Å². The maximum Gasteiger partial charge on any atom is 0.343 e. The minimum Gasteiger partial charge on any atom is -0.489 e. The van der Waals surface area contributed by atoms with Gasteiger partial charge in [-0.1, -0.05) is 0 Å². The van der Waals surface area contributed by atoms with E-state index in [9.17, 15) is 4.79 Å². The molecule has 0 fully saturated rings. The normalized spacial score (nSPS) is 10.3. The quantitative estimate of drug-likeness (QED) is 0.770. The molecule has 0 saturated carbocycles. The number of esters is 1. The van der Waals surface area contributed by atoms with Crippen LogP contribution in [-0.2, 0) is 11.8 Å². The van der Waals surface area contributed by atoms with Gasteiger partial charge in [-0.2, -0.15) is 0 Å². The molecule has 16 heavy (non-hydrogen) atoms. The lowest BCUT2D eigenvalue weighted by Crippen LogP contribution is -2.13. The fourth-order valence-corrected chi connectivity index (χ4v) is 1.60. The minimum absolute atomic E-state index is 0.381. The van der Waals surface area contributed by atoms with Crippen molar-refractivity contribution in [3.05, 3.63) is 17.0 Å². The molecule has 0 atom stereocenters. The summed E-state index contributed by atoms with van der Waals surface area (Å²) in [7, 11) is 3.24. The van der Waals surface area contributed by atoms with Crippen LogP contribution in [0.4, 0.5) is 0 Å². The van der Waals surface area contributed by atoms with Crippen LogP contribution in [0.3, 0.4) is 0 Å². The summed E-state index contributed by atoms with van der Waals surface area (Å²) in [5.41, 5.74) is 7.59. The van der Waals surface area contributed by atoms with Crippen molar-refractivity contribution in [2.24, 2.45) is 12.8 Å². The molecule has 2 N–H and O–H groups in total. The van der Waals surface area contributed by atoms with Gasteiger partial charge >= 0.3 is 5.97 Å². The Morgan fingerprint density at radius 2 is 2.00 bits per heavy atom. The van der Waals surface area contributed by atoms with E-state index in [1.807, 2.05) is 25.5 Å². The van der Waals surface area contributed by atoms with Crippen molar-refractivity contribution in [2.45, 2.75) is 13.8 Å². The van der Waals surface area contributed by atoms with Crippen LogP contribution < -0.4 is 10.5 Å². The lowest BCUT2D eigenvalue weighted by atomic mass is 10.2. The third-order valence-electron chi connectivity index (χ3n) is 2.68. The van der Waals surface area contributed by atoms with Gasteiger partial charge in [0.25, 0.3) is 0 Å². The first kappa shape index (κ1) is 12.6. The van der Waals surface area contributed by atoms with Crippen LogP contribution in [0.1, 0.15) is 21.7 Å². The van der Waals surface area contributed by atoms with Gasteiger partial charge in [0, 0.05) is 19.3 Å². The number of carbonyl (C=O) groups excluding carboxylic acids is 1. The Bertz CT molecular complexity index is 396. The van der Waals surface area contributed by atoms with Gasteiger partial charge in [-0.05, 0) is 13.8 Å². The highest BCUT2D eigenvalue weighted by atomic mass is 16.5. The first-order valence-electron chi connectivity index (χ1n) is 5.11. The van der Waals surface area contributed by atoms with Crippen LogP contribution in [0.5, 0.6) is 5.75 Å². The molecule has 0 bridgehead atoms. The summed E-state index contributed by atoms with van der Waals surface area (Å²) in [6.45, 7) is 4.54. The van der Waals surface area contributed by atoms with Gasteiger partial charge in [-0.15, -0.1) is 0 Å². The Morgan fingerprint density at radius 1 is 1.38 bits per heavy atom. The summed E-state index contributed by atoms with van der Waals surface area (Å²) >= 11 is 0. The molecule has 1 rings (SSSR count). The molecule has 0 saturated heterocycles. The van der Waals surface area contributed by atoms with Gasteiger partial charge in [-0.25, -0.2) is 4.79 Å². The number of hydrogen-bond donors (Lipinski definition) is 1. The molecular formula is C11H18N2O3. The molecule has 0 aliphatic heterocycles. The van der Waals surface area contributed by atoms with E-state index in [-0.39, 0.29) is 5.97 Å². The van der Waals surface area contributed by atoms with E-state index in [0.29, 0.717) is 24.5 Å². The van der Waals surface area contributed by atoms with Gasteiger partial charge in [0.2, 0.25) is 0 Å². The van der Waals surface area contributed by atoms with E-state index in [4.69, 9.17) is 15.2 Å². The van der Waals surface area contributed by atoms with E-state index < -0.39 is 0 Å². The molecule has 0 radical (unpaired) electrons. The number of nitrogens with zero attached hydrogens (tertiary/aromatic N) is 1. The van der Waals surface area contributed by atoms with Crippen molar-refractivity contribution in [3.63, 3.8) is 0 Å². The van der Waals surface area contributed by atoms with Crippen molar-refractivity contribution >= 4 is 5.97 Å². The molecule has 0 amide bonds. The average molecular weight is 226 g/mol. The number of ether oxygens (including phenoxy) is 2. The summed E-state index contributed by atoms with van der Waals surface area (Å²) in [5, 5.41) is 0. The Kier molecular flexibility index (Phi) is 3.95. The zero-order valence-electron chi connectivity index (χ0n) is 10.2. The van der Waals surface area contributed by atoms with Crippen LogP contribution >= 0.6 is 0 Å². The Morgan fingerprint density at radius 3 is 2.50 bits per heavy atom. The minimum atomic E-state index is -0.381. The molecule has 0 aromatic carbocycles. The average Bonchev–Trinajstić information content (AvgIpc) is 2.50. The second-order valence-corrected chi connectivity index (χ2v) is 3.56. The predicted molar refractivity (Wildman–Crippen MR) is 60.8 cm³/mol. The highest BCUT2D eigenvalue weighted by Crippen LogP contribution is 2.29. The number of carbonyl (C=O) groups is 1. The molecular weight excluding hydrogens is 208 g/mol. The molecule has 1 aromatic rings.